The van der Waals surface area contributed by atoms with Crippen LogP contribution in [0.15, 0.2) is 0 Å². The van der Waals surface area contributed by atoms with Crippen molar-refractivity contribution in [1.29, 1.82) is 0 Å². The minimum Gasteiger partial charge on any atom is -0.380 e. The maximum Gasteiger partial charge on any atom is 0.0616 e. The van der Waals surface area contributed by atoms with Crippen LogP contribution in [0.5, 0.6) is 0 Å². The molecule has 0 saturated carbocycles. The number of nitrogens with one attached hydrogen (secondary N) is 1. The van der Waals surface area contributed by atoms with Crippen LogP contribution < -0.4 is 5.32 Å². The summed E-state index contributed by atoms with van der Waals surface area (Å²) in [6.07, 6.45) is 2.78. The molecule has 0 aromatic carbocycles. The van der Waals surface area contributed by atoms with Crippen molar-refractivity contribution < 1.29 is 4.74 Å². The van der Waals surface area contributed by atoms with Crippen molar-refractivity contribution in [3.8, 4) is 0 Å². The van der Waals surface area contributed by atoms with Gasteiger partial charge in [0.15, 0.2) is 0 Å². The number of thioether (sulfide) groups is 1. The average molecular weight is 217 g/mol. The highest BCUT2D eigenvalue weighted by atomic mass is 32.2. The lowest BCUT2D eigenvalue weighted by atomic mass is 10.0. The highest BCUT2D eigenvalue weighted by Crippen LogP contribution is 2.21. The normalized spacial score (nSPS) is 21.0. The topological polar surface area (TPSA) is 21.3 Å². The Hall–Kier alpha value is 0.270. The van der Waals surface area contributed by atoms with Crippen molar-refractivity contribution in [3.63, 3.8) is 0 Å². The summed E-state index contributed by atoms with van der Waals surface area (Å²) in [6.45, 7) is 7.09. The number of hydrogen-bond acceptors (Lipinski definition) is 3. The molecule has 0 radical (unpaired) electrons. The van der Waals surface area contributed by atoms with E-state index in [2.05, 4.69) is 24.0 Å². The predicted molar refractivity (Wildman–Crippen MR) is 64.0 cm³/mol. The number of rotatable bonds is 6. The molecule has 1 N–H and O–H groups in total. The van der Waals surface area contributed by atoms with Crippen molar-refractivity contribution in [2.45, 2.75) is 32.7 Å². The Balaban J connectivity index is 2.00. The first kappa shape index (κ1) is 12.3. The lowest BCUT2D eigenvalue weighted by molar-refractivity contribution is 0.125. The molecule has 1 fully saturated rings. The minimum atomic E-state index is 0.504. The molecule has 1 unspecified atom stereocenters. The monoisotopic (exact) mass is 217 g/mol. The van der Waals surface area contributed by atoms with Crippen molar-refractivity contribution >= 4 is 11.8 Å². The fourth-order valence-electron chi connectivity index (χ4n) is 1.67. The Labute approximate surface area is 92.2 Å². The third-order valence-electron chi connectivity index (χ3n) is 2.67. The van der Waals surface area contributed by atoms with Gasteiger partial charge in [0.1, 0.15) is 0 Å². The predicted octanol–water partition coefficient (Wildman–Crippen LogP) is 2.14. The Morgan fingerprint density at radius 2 is 2.14 bits per heavy atom. The van der Waals surface area contributed by atoms with Gasteiger partial charge in [-0.05, 0) is 50.7 Å². The molecular weight excluding hydrogens is 194 g/mol. The van der Waals surface area contributed by atoms with Crippen LogP contribution in [-0.4, -0.2) is 37.3 Å². The van der Waals surface area contributed by atoms with E-state index in [-0.39, 0.29) is 0 Å². The molecule has 2 nitrogen and oxygen atoms in total. The number of hydrogen-bond donors (Lipinski definition) is 1. The van der Waals surface area contributed by atoms with Gasteiger partial charge in [-0.2, -0.15) is 11.8 Å². The lowest BCUT2D eigenvalue weighted by Crippen LogP contribution is -2.35. The summed E-state index contributed by atoms with van der Waals surface area (Å²) in [5.74, 6) is 3.61. The largest absolute Gasteiger partial charge is 0.380 e. The Kier molecular flexibility index (Phi) is 6.65. The van der Waals surface area contributed by atoms with Crippen molar-refractivity contribution in [1.82, 2.24) is 5.32 Å². The highest BCUT2D eigenvalue weighted by molar-refractivity contribution is 7.99. The maximum atomic E-state index is 5.37. The first-order valence-corrected chi connectivity index (χ1v) is 6.87. The molecule has 1 heterocycles. The standard InChI is InChI=1S/C11H23NOS/c1-3-13-9-10(2)12-8-11-4-6-14-7-5-11/h10-12H,3-9H2,1-2H3. The van der Waals surface area contributed by atoms with E-state index in [1.165, 1.54) is 30.9 Å². The zero-order valence-corrected chi connectivity index (χ0v) is 10.2. The first-order chi connectivity index (χ1) is 6.83. The zero-order chi connectivity index (χ0) is 10.2. The van der Waals surface area contributed by atoms with Gasteiger partial charge >= 0.3 is 0 Å². The highest BCUT2D eigenvalue weighted by Gasteiger charge is 2.14. The second-order valence-corrected chi connectivity index (χ2v) is 5.25. The molecule has 1 atom stereocenters. The fourth-order valence-corrected chi connectivity index (χ4v) is 2.88. The van der Waals surface area contributed by atoms with E-state index in [4.69, 9.17) is 4.74 Å². The van der Waals surface area contributed by atoms with Gasteiger partial charge in [-0.25, -0.2) is 0 Å². The second-order valence-electron chi connectivity index (χ2n) is 4.02. The Morgan fingerprint density at radius 1 is 1.43 bits per heavy atom. The van der Waals surface area contributed by atoms with E-state index in [1.54, 1.807) is 0 Å². The van der Waals surface area contributed by atoms with E-state index in [0.717, 1.165) is 19.1 Å². The van der Waals surface area contributed by atoms with Crippen LogP contribution in [0.2, 0.25) is 0 Å². The van der Waals surface area contributed by atoms with Crippen molar-refractivity contribution in [3.05, 3.63) is 0 Å². The summed E-state index contributed by atoms with van der Waals surface area (Å²) in [5, 5.41) is 3.55. The van der Waals surface area contributed by atoms with E-state index in [9.17, 15) is 0 Å². The molecule has 1 rings (SSSR count). The van der Waals surface area contributed by atoms with Crippen LogP contribution in [0, 0.1) is 5.92 Å². The van der Waals surface area contributed by atoms with Crippen LogP contribution in [0.1, 0.15) is 26.7 Å². The quantitative estimate of drug-likeness (QED) is 0.736. The van der Waals surface area contributed by atoms with E-state index in [1.807, 2.05) is 6.92 Å². The summed E-state index contributed by atoms with van der Waals surface area (Å²) in [4.78, 5) is 0. The Morgan fingerprint density at radius 3 is 2.79 bits per heavy atom. The smallest absolute Gasteiger partial charge is 0.0616 e. The van der Waals surface area contributed by atoms with Crippen LogP contribution >= 0.6 is 11.8 Å². The summed E-state index contributed by atoms with van der Waals surface area (Å²) >= 11 is 2.09. The van der Waals surface area contributed by atoms with Gasteiger partial charge in [-0.3, -0.25) is 0 Å². The molecule has 14 heavy (non-hydrogen) atoms. The van der Waals surface area contributed by atoms with Crippen LogP contribution in [0.4, 0.5) is 0 Å². The molecule has 0 bridgehead atoms. The molecule has 1 aliphatic rings. The molecule has 1 aliphatic heterocycles. The molecule has 84 valence electrons. The van der Waals surface area contributed by atoms with Gasteiger partial charge in [0.25, 0.3) is 0 Å². The third kappa shape index (κ3) is 5.23. The van der Waals surface area contributed by atoms with E-state index in [0.29, 0.717) is 6.04 Å². The van der Waals surface area contributed by atoms with Gasteiger partial charge < -0.3 is 10.1 Å². The molecule has 0 amide bonds. The van der Waals surface area contributed by atoms with Crippen molar-refractivity contribution in [2.24, 2.45) is 5.92 Å². The minimum absolute atomic E-state index is 0.504. The number of ether oxygens (including phenoxy) is 1. The molecule has 0 aromatic heterocycles. The first-order valence-electron chi connectivity index (χ1n) is 5.71. The van der Waals surface area contributed by atoms with Gasteiger partial charge in [-0.1, -0.05) is 0 Å². The second kappa shape index (κ2) is 7.55. The van der Waals surface area contributed by atoms with Crippen LogP contribution in [-0.2, 0) is 4.74 Å². The average Bonchev–Trinajstić information content (AvgIpc) is 2.25. The van der Waals surface area contributed by atoms with Gasteiger partial charge in [0, 0.05) is 12.6 Å². The maximum absolute atomic E-state index is 5.37. The van der Waals surface area contributed by atoms with Gasteiger partial charge in [0.2, 0.25) is 0 Å². The molecule has 0 aromatic rings. The fraction of sp³-hybridized carbons (Fsp3) is 1.00. The van der Waals surface area contributed by atoms with Gasteiger partial charge in [0.05, 0.1) is 6.61 Å². The third-order valence-corrected chi connectivity index (χ3v) is 3.72. The van der Waals surface area contributed by atoms with Gasteiger partial charge in [-0.15, -0.1) is 0 Å². The molecule has 0 spiro atoms. The van der Waals surface area contributed by atoms with Crippen molar-refractivity contribution in [2.75, 3.05) is 31.3 Å². The summed E-state index contributed by atoms with van der Waals surface area (Å²) in [7, 11) is 0. The van der Waals surface area contributed by atoms with Crippen LogP contribution in [0.25, 0.3) is 0 Å². The molecular formula is C11H23NOS. The lowest BCUT2D eigenvalue weighted by Gasteiger charge is -2.23. The SMILES string of the molecule is CCOCC(C)NCC1CCSCC1. The Bertz CT molecular complexity index is 137. The summed E-state index contributed by atoms with van der Waals surface area (Å²) < 4.78 is 5.37. The summed E-state index contributed by atoms with van der Waals surface area (Å²) in [6, 6.07) is 0.504. The van der Waals surface area contributed by atoms with E-state index >= 15 is 0 Å². The molecule has 3 heteroatoms. The van der Waals surface area contributed by atoms with Crippen LogP contribution in [0.3, 0.4) is 0 Å². The molecule has 0 aliphatic carbocycles. The summed E-state index contributed by atoms with van der Waals surface area (Å²) in [5.41, 5.74) is 0. The zero-order valence-electron chi connectivity index (χ0n) is 9.42. The molecule has 1 saturated heterocycles. The van der Waals surface area contributed by atoms with E-state index < -0.39 is 0 Å².